The predicted molar refractivity (Wildman–Crippen MR) is 159 cm³/mol. The molecule has 2 amide bonds. The van der Waals surface area contributed by atoms with E-state index in [0.717, 1.165) is 18.4 Å². The van der Waals surface area contributed by atoms with E-state index < -0.39 is 17.6 Å². The van der Waals surface area contributed by atoms with Gasteiger partial charge in [0.25, 0.3) is 0 Å². The molecule has 1 aromatic rings. The van der Waals surface area contributed by atoms with Gasteiger partial charge in [0.05, 0.1) is 12.0 Å². The first-order chi connectivity index (χ1) is 17.4. The van der Waals surface area contributed by atoms with Gasteiger partial charge in [-0.1, -0.05) is 77.1 Å². The fraction of sp³-hybridized carbons (Fsp3) is 0.636. The van der Waals surface area contributed by atoms with Crippen LogP contribution in [-0.4, -0.2) is 29.7 Å². The van der Waals surface area contributed by atoms with Gasteiger partial charge in [-0.3, -0.25) is 4.79 Å². The lowest BCUT2D eigenvalue weighted by Crippen LogP contribution is -2.43. The van der Waals surface area contributed by atoms with E-state index in [9.17, 15) is 9.59 Å². The van der Waals surface area contributed by atoms with E-state index in [0.29, 0.717) is 18.8 Å². The monoisotopic (exact) mass is 524 g/mol. The third-order valence-electron chi connectivity index (χ3n) is 5.99. The quantitative estimate of drug-likeness (QED) is 0.222. The topological polar surface area (TPSA) is 67.4 Å². The number of amides is 2. The Labute approximate surface area is 232 Å². The normalized spacial score (nSPS) is 15.0. The summed E-state index contributed by atoms with van der Waals surface area (Å²) in [7, 11) is 0. The van der Waals surface area contributed by atoms with Crippen molar-refractivity contribution >= 4 is 12.0 Å². The Bertz CT molecular complexity index is 943. The molecule has 1 rings (SSSR count). The molecule has 0 aliphatic carbocycles. The van der Waals surface area contributed by atoms with Crippen molar-refractivity contribution in [1.29, 1.82) is 0 Å². The number of hydrogen-bond acceptors (Lipinski definition) is 3. The van der Waals surface area contributed by atoms with E-state index in [1.165, 1.54) is 0 Å². The van der Waals surface area contributed by atoms with Gasteiger partial charge in [-0.25, -0.2) is 4.79 Å². The number of hydrogen-bond donors (Lipinski definition) is 2. The van der Waals surface area contributed by atoms with Crippen LogP contribution in [0.5, 0.6) is 0 Å². The van der Waals surface area contributed by atoms with Crippen molar-refractivity contribution in [2.24, 2.45) is 22.7 Å². The summed E-state index contributed by atoms with van der Waals surface area (Å²) in [5, 5.41) is 6.29. The highest BCUT2D eigenvalue weighted by Gasteiger charge is 2.29. The third-order valence-corrected chi connectivity index (χ3v) is 5.99. The summed E-state index contributed by atoms with van der Waals surface area (Å²) in [5.74, 6) is 2.79. The maximum absolute atomic E-state index is 13.7. The molecule has 0 radical (unpaired) electrons. The molecule has 0 aromatic heterocycles. The maximum Gasteiger partial charge on any atom is 0.408 e. The maximum atomic E-state index is 13.7. The van der Waals surface area contributed by atoms with Crippen LogP contribution >= 0.6 is 0 Å². The zero-order chi connectivity index (χ0) is 29.1. The molecular formula is C33H52N2O3. The lowest BCUT2D eigenvalue weighted by Gasteiger charge is -2.32. The van der Waals surface area contributed by atoms with Crippen LogP contribution in [0.2, 0.25) is 0 Å². The van der Waals surface area contributed by atoms with Crippen molar-refractivity contribution in [3.63, 3.8) is 0 Å². The van der Waals surface area contributed by atoms with Crippen molar-refractivity contribution < 1.29 is 14.3 Å². The summed E-state index contributed by atoms with van der Waals surface area (Å²) in [5.41, 5.74) is 0.204. The summed E-state index contributed by atoms with van der Waals surface area (Å²) < 4.78 is 5.48. The fourth-order valence-electron chi connectivity index (χ4n) is 4.43. The fourth-order valence-corrected chi connectivity index (χ4v) is 4.43. The average molecular weight is 525 g/mol. The summed E-state index contributed by atoms with van der Waals surface area (Å²) in [6, 6.07) is 9.71. The Hall–Kier alpha value is -2.74. The van der Waals surface area contributed by atoms with Crippen LogP contribution in [0.15, 0.2) is 42.5 Å². The van der Waals surface area contributed by atoms with Crippen molar-refractivity contribution in [3.05, 3.63) is 48.0 Å². The zero-order valence-corrected chi connectivity index (χ0v) is 25.5. The molecule has 0 aliphatic heterocycles. The molecule has 0 saturated heterocycles. The van der Waals surface area contributed by atoms with Crippen LogP contribution in [-0.2, 0) is 16.0 Å². The van der Waals surface area contributed by atoms with E-state index in [4.69, 9.17) is 11.2 Å². The number of carbonyl (C=O) groups is 2. The molecule has 0 spiro atoms. The van der Waals surface area contributed by atoms with E-state index in [2.05, 4.69) is 51.2 Å². The second-order valence-electron chi connectivity index (χ2n) is 13.8. The number of ether oxygens (including phenoxy) is 1. The van der Waals surface area contributed by atoms with Crippen molar-refractivity contribution in [3.8, 4) is 12.3 Å². The number of alkyl carbamates (subject to hydrolysis) is 1. The van der Waals surface area contributed by atoms with Crippen molar-refractivity contribution in [2.75, 3.05) is 0 Å². The number of carbonyl (C=O) groups excluding carboxylic acids is 2. The minimum absolute atomic E-state index is 0.0345. The first-order valence-corrected chi connectivity index (χ1v) is 13.9. The van der Waals surface area contributed by atoms with Gasteiger partial charge < -0.3 is 15.4 Å². The molecular weight excluding hydrogens is 472 g/mol. The third kappa shape index (κ3) is 14.9. The summed E-state index contributed by atoms with van der Waals surface area (Å²) in [6.07, 6.45) is 12.0. The largest absolute Gasteiger partial charge is 0.444 e. The molecule has 3 atom stereocenters. The van der Waals surface area contributed by atoms with E-state index in [1.54, 1.807) is 0 Å². The molecule has 5 heteroatoms. The smallest absolute Gasteiger partial charge is 0.408 e. The van der Waals surface area contributed by atoms with E-state index in [-0.39, 0.29) is 28.8 Å². The Kier molecular flexibility index (Phi) is 12.6. The number of benzene rings is 1. The molecule has 1 unspecified atom stereocenters. The first kappa shape index (κ1) is 33.3. The molecule has 0 fully saturated rings. The van der Waals surface area contributed by atoms with Crippen LogP contribution < -0.4 is 10.6 Å². The number of terminal acetylenes is 1. The van der Waals surface area contributed by atoms with Gasteiger partial charge in [-0.05, 0) is 77.2 Å². The Morgan fingerprint density at radius 1 is 0.947 bits per heavy atom. The summed E-state index contributed by atoms with van der Waals surface area (Å²) in [4.78, 5) is 26.2. The molecule has 0 bridgehead atoms. The lowest BCUT2D eigenvalue weighted by molar-refractivity contribution is -0.124. The highest BCUT2D eigenvalue weighted by molar-refractivity contribution is 5.81. The summed E-state index contributed by atoms with van der Waals surface area (Å²) in [6.45, 7) is 20.3. The molecule has 38 heavy (non-hydrogen) atoms. The van der Waals surface area contributed by atoms with Gasteiger partial charge >= 0.3 is 6.09 Å². The van der Waals surface area contributed by atoms with Crippen molar-refractivity contribution in [2.45, 2.75) is 113 Å². The molecule has 2 N–H and O–H groups in total. The van der Waals surface area contributed by atoms with Gasteiger partial charge in [0.15, 0.2) is 0 Å². The zero-order valence-electron chi connectivity index (χ0n) is 25.5. The standard InChI is InChI=1S/C33H52N2O3/c1-12-33(10,11)23-28(22-31(4,5)6)34-29(36)26(21-25-16-14-13-15-17-25)18-19-27(20-24(2)3)35-30(37)38-32(7,8)9/h1,13-19,24,26-28H,20-23H2,2-11H3,(H,34,36)(H,35,37)/b19-18+/t26-,27-,28?/m1/s1. The minimum Gasteiger partial charge on any atom is -0.444 e. The Balaban J connectivity index is 3.23. The highest BCUT2D eigenvalue weighted by Crippen LogP contribution is 2.29. The Morgan fingerprint density at radius 3 is 2.05 bits per heavy atom. The van der Waals surface area contributed by atoms with Gasteiger partial charge in [0, 0.05) is 11.5 Å². The number of nitrogens with one attached hydrogen (secondary N) is 2. The van der Waals surface area contributed by atoms with Gasteiger partial charge in [-0.2, -0.15) is 0 Å². The van der Waals surface area contributed by atoms with Crippen LogP contribution in [0.1, 0.15) is 94.1 Å². The minimum atomic E-state index is -0.583. The molecule has 0 aliphatic rings. The van der Waals surface area contributed by atoms with E-state index >= 15 is 0 Å². The van der Waals surface area contributed by atoms with Gasteiger partial charge in [0.2, 0.25) is 5.91 Å². The molecule has 0 saturated carbocycles. The SMILES string of the molecule is C#CC(C)(C)CC(CC(C)(C)C)NC(=O)[C@H](/C=C/[C@H](CC(C)C)NC(=O)OC(C)(C)C)Cc1ccccc1. The van der Waals surface area contributed by atoms with Gasteiger partial charge in [-0.15, -0.1) is 12.3 Å². The van der Waals surface area contributed by atoms with Crippen LogP contribution in [0.25, 0.3) is 0 Å². The molecule has 1 aromatic carbocycles. The highest BCUT2D eigenvalue weighted by atomic mass is 16.6. The van der Waals surface area contributed by atoms with Crippen molar-refractivity contribution in [1.82, 2.24) is 10.6 Å². The molecule has 212 valence electrons. The first-order valence-electron chi connectivity index (χ1n) is 13.9. The van der Waals surface area contributed by atoms with Gasteiger partial charge in [0.1, 0.15) is 5.60 Å². The molecule has 0 heterocycles. The molecule has 5 nitrogen and oxygen atoms in total. The van der Waals surface area contributed by atoms with Crippen LogP contribution in [0, 0.1) is 35.0 Å². The van der Waals surface area contributed by atoms with Crippen LogP contribution in [0.3, 0.4) is 0 Å². The average Bonchev–Trinajstić information content (AvgIpc) is 2.73. The summed E-state index contributed by atoms with van der Waals surface area (Å²) >= 11 is 0. The number of rotatable bonds is 12. The second kappa shape index (κ2) is 14.4. The lowest BCUT2D eigenvalue weighted by atomic mass is 9.79. The van der Waals surface area contributed by atoms with E-state index in [1.807, 2.05) is 77.1 Å². The Morgan fingerprint density at radius 2 is 1.55 bits per heavy atom. The van der Waals surface area contributed by atoms with Crippen LogP contribution in [0.4, 0.5) is 4.79 Å². The second-order valence-corrected chi connectivity index (χ2v) is 13.8. The predicted octanol–water partition coefficient (Wildman–Crippen LogP) is 7.31.